The molecule has 0 fully saturated rings. The molecule has 1 N–H and O–H groups in total. The van der Waals surface area contributed by atoms with Gasteiger partial charge in [0.2, 0.25) is 0 Å². The third-order valence-corrected chi connectivity index (χ3v) is 5.29. The first kappa shape index (κ1) is 25.4. The summed E-state index contributed by atoms with van der Waals surface area (Å²) in [7, 11) is 0. The molecule has 1 aromatic heterocycles. The summed E-state index contributed by atoms with van der Waals surface area (Å²) < 4.78 is 5.38. The van der Waals surface area contributed by atoms with Gasteiger partial charge in [-0.15, -0.1) is 0 Å². The van der Waals surface area contributed by atoms with Crippen molar-refractivity contribution in [3.63, 3.8) is 0 Å². The van der Waals surface area contributed by atoms with Crippen LogP contribution >= 0.6 is 0 Å². The molecule has 0 amide bonds. The molecule has 0 aromatic carbocycles. The van der Waals surface area contributed by atoms with Crippen LogP contribution in [-0.2, 0) is 4.79 Å². The van der Waals surface area contributed by atoms with Gasteiger partial charge in [0.1, 0.15) is 11.5 Å². The first-order valence-corrected chi connectivity index (χ1v) is 10.5. The summed E-state index contributed by atoms with van der Waals surface area (Å²) in [5.74, 6) is 0.888. The van der Waals surface area contributed by atoms with Crippen molar-refractivity contribution in [1.29, 1.82) is 0 Å². The molecule has 0 aliphatic rings. The predicted molar refractivity (Wildman–Crippen MR) is 125 cm³/mol. The molecule has 4 heteroatoms. The Morgan fingerprint density at radius 1 is 1.00 bits per heavy atom. The van der Waals surface area contributed by atoms with Crippen LogP contribution in [-0.4, -0.2) is 10.9 Å². The van der Waals surface area contributed by atoms with E-state index >= 15 is 0 Å². The summed E-state index contributed by atoms with van der Waals surface area (Å²) in [6.07, 6.45) is 8.97. The zero-order chi connectivity index (χ0) is 23.2. The predicted octanol–water partition coefficient (Wildman–Crippen LogP) is 6.46. The lowest BCUT2D eigenvalue weighted by Gasteiger charge is -2.09. The molecule has 0 spiro atoms. The fourth-order valence-electron chi connectivity index (χ4n) is 3.43. The van der Waals surface area contributed by atoms with Gasteiger partial charge in [-0.1, -0.05) is 57.1 Å². The van der Waals surface area contributed by atoms with E-state index in [0.29, 0.717) is 17.2 Å². The van der Waals surface area contributed by atoms with Gasteiger partial charge in [0.05, 0.1) is 5.56 Å². The summed E-state index contributed by atoms with van der Waals surface area (Å²) in [6.45, 7) is 17.0. The number of hydrogen-bond donors (Lipinski definition) is 1. The molecule has 0 saturated heterocycles. The fraction of sp³-hybridized carbons (Fsp3) is 0.462. The Hall–Kier alpha value is -2.62. The van der Waals surface area contributed by atoms with Gasteiger partial charge in [0, 0.05) is 5.56 Å². The Morgan fingerprint density at radius 3 is 2.13 bits per heavy atom. The van der Waals surface area contributed by atoms with Gasteiger partial charge in [-0.2, -0.15) is 0 Å². The van der Waals surface area contributed by atoms with E-state index in [-0.39, 0.29) is 23.0 Å². The largest absolute Gasteiger partial charge is 0.507 e. The topological polar surface area (TPSA) is 67.5 Å². The quantitative estimate of drug-likeness (QED) is 0.393. The number of ketones is 1. The molecule has 1 aromatic rings. The van der Waals surface area contributed by atoms with Crippen LogP contribution in [0.25, 0.3) is 5.57 Å². The van der Waals surface area contributed by atoms with E-state index in [1.54, 1.807) is 13.8 Å². The standard InChI is InChI=1S/C26H36O4/c1-10-15(2)12-18(5)23(27)19(6)13-16(3)11-17(4)14-20(7)25-21(8)24(28)22(9)26(29)30-25/h11-16,28H,10H2,1-9H3/t15-,16-/m0/s1. The number of aromatic hydroxyl groups is 1. The maximum absolute atomic E-state index is 12.6. The Kier molecular flexibility index (Phi) is 9.28. The molecule has 0 radical (unpaired) electrons. The van der Waals surface area contributed by atoms with Crippen molar-refractivity contribution in [1.82, 2.24) is 0 Å². The van der Waals surface area contributed by atoms with Crippen LogP contribution in [0.3, 0.4) is 0 Å². The number of hydrogen-bond acceptors (Lipinski definition) is 4. The minimum atomic E-state index is -0.534. The van der Waals surface area contributed by atoms with Crippen LogP contribution in [0.2, 0.25) is 0 Å². The number of Topliss-reactive ketones (excluding diaryl/α,β-unsaturated/α-hetero) is 1. The third kappa shape index (κ3) is 6.72. The van der Waals surface area contributed by atoms with Crippen LogP contribution in [0.5, 0.6) is 5.75 Å². The van der Waals surface area contributed by atoms with Crippen molar-refractivity contribution in [2.24, 2.45) is 11.8 Å². The molecule has 0 aliphatic carbocycles. The van der Waals surface area contributed by atoms with Gasteiger partial charge in [-0.3, -0.25) is 4.79 Å². The molecular formula is C26H36O4. The number of carbonyl (C=O) groups is 1. The average molecular weight is 413 g/mol. The van der Waals surface area contributed by atoms with E-state index in [4.69, 9.17) is 4.42 Å². The van der Waals surface area contributed by atoms with Gasteiger partial charge in [0.15, 0.2) is 5.78 Å². The van der Waals surface area contributed by atoms with E-state index in [0.717, 1.165) is 28.7 Å². The summed E-state index contributed by atoms with van der Waals surface area (Å²) in [4.78, 5) is 24.5. The molecular weight excluding hydrogens is 376 g/mol. The van der Waals surface area contributed by atoms with Crippen LogP contribution in [0.4, 0.5) is 0 Å². The summed E-state index contributed by atoms with van der Waals surface area (Å²) in [6, 6.07) is 0. The highest BCUT2D eigenvalue weighted by Crippen LogP contribution is 2.27. The van der Waals surface area contributed by atoms with Gasteiger partial charge in [0.25, 0.3) is 0 Å². The van der Waals surface area contributed by atoms with Crippen LogP contribution < -0.4 is 5.63 Å². The molecule has 0 aliphatic heterocycles. The third-order valence-electron chi connectivity index (χ3n) is 5.29. The molecule has 30 heavy (non-hydrogen) atoms. The molecule has 1 heterocycles. The number of allylic oxidation sites excluding steroid dienone is 8. The lowest BCUT2D eigenvalue weighted by Crippen LogP contribution is -2.07. The maximum Gasteiger partial charge on any atom is 0.342 e. The van der Waals surface area contributed by atoms with Crippen molar-refractivity contribution in [2.75, 3.05) is 0 Å². The first-order valence-electron chi connectivity index (χ1n) is 10.5. The van der Waals surface area contributed by atoms with Crippen LogP contribution in [0.1, 0.15) is 71.8 Å². The number of carbonyl (C=O) groups excluding carboxylic acids is 1. The zero-order valence-electron chi connectivity index (χ0n) is 19.8. The van der Waals surface area contributed by atoms with Crippen molar-refractivity contribution in [2.45, 2.75) is 68.7 Å². The second-order valence-electron chi connectivity index (χ2n) is 8.33. The van der Waals surface area contributed by atoms with Crippen LogP contribution in [0, 0.1) is 25.7 Å². The molecule has 2 atom stereocenters. The first-order chi connectivity index (χ1) is 13.9. The molecule has 0 saturated carbocycles. The average Bonchev–Trinajstić information content (AvgIpc) is 2.67. The van der Waals surface area contributed by atoms with Gasteiger partial charge in [-0.05, 0) is 70.1 Å². The highest BCUT2D eigenvalue weighted by atomic mass is 16.4. The number of rotatable bonds is 8. The zero-order valence-corrected chi connectivity index (χ0v) is 19.8. The molecule has 164 valence electrons. The van der Waals surface area contributed by atoms with E-state index in [1.165, 1.54) is 0 Å². The SMILES string of the molecule is CC[C@H](C)C=C(C)C(=O)C(C)=C[C@@H](C)C=C(C)C=C(C)c1oc(=O)c(C)c(O)c1C. The van der Waals surface area contributed by atoms with E-state index in [1.807, 2.05) is 52.8 Å². The normalized spacial score (nSPS) is 15.9. The Labute approximate surface area is 180 Å². The van der Waals surface area contributed by atoms with Crippen molar-refractivity contribution >= 4 is 11.4 Å². The molecule has 1 rings (SSSR count). The second kappa shape index (κ2) is 11.0. The van der Waals surface area contributed by atoms with E-state index < -0.39 is 5.63 Å². The van der Waals surface area contributed by atoms with Crippen molar-refractivity contribution in [3.05, 3.63) is 68.3 Å². The fourth-order valence-corrected chi connectivity index (χ4v) is 3.43. The van der Waals surface area contributed by atoms with Gasteiger partial charge in [-0.25, -0.2) is 4.79 Å². The maximum atomic E-state index is 12.6. The van der Waals surface area contributed by atoms with Crippen molar-refractivity contribution in [3.8, 4) is 5.75 Å². The van der Waals surface area contributed by atoms with Gasteiger partial charge < -0.3 is 9.52 Å². The monoisotopic (exact) mass is 412 g/mol. The van der Waals surface area contributed by atoms with Crippen molar-refractivity contribution < 1.29 is 14.3 Å². The Bertz CT molecular complexity index is 967. The lowest BCUT2D eigenvalue weighted by molar-refractivity contribution is -0.112. The summed E-state index contributed by atoms with van der Waals surface area (Å²) >= 11 is 0. The van der Waals surface area contributed by atoms with Gasteiger partial charge >= 0.3 is 5.63 Å². The Morgan fingerprint density at radius 2 is 1.57 bits per heavy atom. The molecule has 0 unspecified atom stereocenters. The van der Waals surface area contributed by atoms with E-state index in [9.17, 15) is 14.7 Å². The molecule has 4 nitrogen and oxygen atoms in total. The minimum absolute atomic E-state index is 0.0260. The highest BCUT2D eigenvalue weighted by Gasteiger charge is 2.14. The molecule has 0 bridgehead atoms. The second-order valence-corrected chi connectivity index (χ2v) is 8.33. The van der Waals surface area contributed by atoms with Crippen LogP contribution in [0.15, 0.2) is 50.2 Å². The lowest BCUT2D eigenvalue weighted by atomic mass is 9.97. The summed E-state index contributed by atoms with van der Waals surface area (Å²) in [5, 5.41) is 10.1. The Balaban J connectivity index is 3.09. The highest BCUT2D eigenvalue weighted by molar-refractivity contribution is 6.07. The smallest absolute Gasteiger partial charge is 0.342 e. The minimum Gasteiger partial charge on any atom is -0.507 e. The van der Waals surface area contributed by atoms with E-state index in [2.05, 4.69) is 19.9 Å². The summed E-state index contributed by atoms with van der Waals surface area (Å²) in [5.41, 5.74) is 3.48.